The molecule has 2 atom stereocenters. The number of amides is 1. The Morgan fingerprint density at radius 2 is 2.38 bits per heavy atom. The minimum atomic E-state index is 0.0643. The van der Waals surface area contributed by atoms with Crippen molar-refractivity contribution in [2.24, 2.45) is 0 Å². The lowest BCUT2D eigenvalue weighted by atomic mass is 10.1. The second-order valence-electron chi connectivity index (χ2n) is 4.73. The van der Waals surface area contributed by atoms with Crippen LogP contribution < -0.4 is 5.32 Å². The van der Waals surface area contributed by atoms with E-state index in [9.17, 15) is 4.79 Å². The molecular formula is C12H22N2O2. The molecule has 92 valence electrons. The van der Waals surface area contributed by atoms with Crippen molar-refractivity contribution in [2.45, 2.75) is 51.2 Å². The van der Waals surface area contributed by atoms with E-state index in [2.05, 4.69) is 12.2 Å². The molecule has 2 rings (SSSR count). The molecule has 0 spiro atoms. The van der Waals surface area contributed by atoms with Crippen LogP contribution in [0, 0.1) is 0 Å². The topological polar surface area (TPSA) is 41.6 Å². The predicted molar refractivity (Wildman–Crippen MR) is 62.0 cm³/mol. The van der Waals surface area contributed by atoms with Crippen LogP contribution in [-0.2, 0) is 9.53 Å². The number of carbonyl (C=O) groups is 1. The average molecular weight is 226 g/mol. The Morgan fingerprint density at radius 3 is 3.06 bits per heavy atom. The van der Waals surface area contributed by atoms with Crippen molar-refractivity contribution in [1.82, 2.24) is 10.2 Å². The lowest BCUT2D eigenvalue weighted by molar-refractivity contribution is -0.129. The van der Waals surface area contributed by atoms with Gasteiger partial charge in [-0.15, -0.1) is 0 Å². The highest BCUT2D eigenvalue weighted by Gasteiger charge is 2.30. The fraction of sp³-hybridized carbons (Fsp3) is 0.917. The summed E-state index contributed by atoms with van der Waals surface area (Å²) in [5, 5.41) is 3.27. The van der Waals surface area contributed by atoms with E-state index >= 15 is 0 Å². The Kier molecular flexibility index (Phi) is 4.18. The number of hydrogen-bond acceptors (Lipinski definition) is 3. The van der Waals surface area contributed by atoms with E-state index in [1.807, 2.05) is 4.90 Å². The van der Waals surface area contributed by atoms with Gasteiger partial charge in [-0.25, -0.2) is 0 Å². The van der Waals surface area contributed by atoms with Gasteiger partial charge in [-0.3, -0.25) is 10.1 Å². The van der Waals surface area contributed by atoms with Crippen LogP contribution in [0.3, 0.4) is 0 Å². The van der Waals surface area contributed by atoms with Crippen LogP contribution in [0.25, 0.3) is 0 Å². The van der Waals surface area contributed by atoms with Crippen LogP contribution in [0.15, 0.2) is 0 Å². The summed E-state index contributed by atoms with van der Waals surface area (Å²) in [7, 11) is 0. The molecule has 0 radical (unpaired) electrons. The molecule has 2 unspecified atom stereocenters. The highest BCUT2D eigenvalue weighted by Crippen LogP contribution is 2.17. The first kappa shape index (κ1) is 11.9. The fourth-order valence-electron chi connectivity index (χ4n) is 2.48. The molecule has 4 nitrogen and oxygen atoms in total. The Labute approximate surface area is 97.3 Å². The normalized spacial score (nSPS) is 30.3. The second kappa shape index (κ2) is 5.64. The molecule has 0 aromatic heterocycles. The quantitative estimate of drug-likeness (QED) is 0.763. The van der Waals surface area contributed by atoms with Gasteiger partial charge in [-0.2, -0.15) is 0 Å². The fourth-order valence-corrected chi connectivity index (χ4v) is 2.48. The summed E-state index contributed by atoms with van der Waals surface area (Å²) in [6.45, 7) is 4.58. The zero-order valence-corrected chi connectivity index (χ0v) is 10.1. The Morgan fingerprint density at radius 1 is 1.50 bits per heavy atom. The first-order valence-electron chi connectivity index (χ1n) is 6.45. The highest BCUT2D eigenvalue weighted by atomic mass is 16.5. The van der Waals surface area contributed by atoms with Crippen LogP contribution in [0.4, 0.5) is 0 Å². The third-order valence-electron chi connectivity index (χ3n) is 3.46. The third kappa shape index (κ3) is 2.74. The molecule has 1 N–H and O–H groups in total. The molecule has 16 heavy (non-hydrogen) atoms. The van der Waals surface area contributed by atoms with E-state index in [1.165, 1.54) is 6.42 Å². The molecule has 2 saturated heterocycles. The van der Waals surface area contributed by atoms with Gasteiger partial charge >= 0.3 is 0 Å². The summed E-state index contributed by atoms with van der Waals surface area (Å²) in [6.07, 6.45) is 5.73. The summed E-state index contributed by atoms with van der Waals surface area (Å²) in [5.41, 5.74) is 0. The summed E-state index contributed by atoms with van der Waals surface area (Å²) in [6, 6.07) is 0.0643. The summed E-state index contributed by atoms with van der Waals surface area (Å²) in [4.78, 5) is 13.9. The average Bonchev–Trinajstić information content (AvgIpc) is 2.89. The van der Waals surface area contributed by atoms with Gasteiger partial charge < -0.3 is 9.64 Å². The van der Waals surface area contributed by atoms with Gasteiger partial charge in [-0.1, -0.05) is 13.3 Å². The van der Waals surface area contributed by atoms with Crippen molar-refractivity contribution in [3.63, 3.8) is 0 Å². The molecule has 0 aliphatic carbocycles. The molecule has 4 heteroatoms. The molecule has 1 amide bonds. The lowest BCUT2D eigenvalue weighted by Crippen LogP contribution is -2.32. The van der Waals surface area contributed by atoms with E-state index < -0.39 is 0 Å². The van der Waals surface area contributed by atoms with Gasteiger partial charge in [0, 0.05) is 13.2 Å². The van der Waals surface area contributed by atoms with Crippen molar-refractivity contribution in [3.05, 3.63) is 0 Å². The highest BCUT2D eigenvalue weighted by molar-refractivity contribution is 5.83. The van der Waals surface area contributed by atoms with E-state index in [0.29, 0.717) is 6.10 Å². The summed E-state index contributed by atoms with van der Waals surface area (Å²) < 4.78 is 5.56. The molecule has 2 aliphatic rings. The van der Waals surface area contributed by atoms with Gasteiger partial charge in [-0.05, 0) is 25.7 Å². The molecule has 0 aromatic carbocycles. The number of nitrogens with one attached hydrogen (secondary N) is 1. The van der Waals surface area contributed by atoms with Gasteiger partial charge in [0.15, 0.2) is 0 Å². The molecule has 0 bridgehead atoms. The van der Waals surface area contributed by atoms with E-state index in [1.54, 1.807) is 0 Å². The molecule has 2 aliphatic heterocycles. The standard InChI is InChI=1S/C12H22N2O2/c1-2-4-11-12(15)14(9-13-11)7-6-10-5-3-8-16-10/h10-11,13H,2-9H2,1H3. The van der Waals surface area contributed by atoms with Crippen molar-refractivity contribution in [3.8, 4) is 0 Å². The largest absolute Gasteiger partial charge is 0.378 e. The molecule has 0 saturated carbocycles. The van der Waals surface area contributed by atoms with Crippen LogP contribution in [0.1, 0.15) is 39.0 Å². The monoisotopic (exact) mass is 226 g/mol. The Hall–Kier alpha value is -0.610. The van der Waals surface area contributed by atoms with Crippen LogP contribution in [0.5, 0.6) is 0 Å². The SMILES string of the molecule is CCCC1NCN(CCC2CCCO2)C1=O. The van der Waals surface area contributed by atoms with E-state index in [4.69, 9.17) is 4.74 Å². The smallest absolute Gasteiger partial charge is 0.240 e. The zero-order chi connectivity index (χ0) is 11.4. The number of nitrogens with zero attached hydrogens (tertiary/aromatic N) is 1. The van der Waals surface area contributed by atoms with Gasteiger partial charge in [0.05, 0.1) is 18.8 Å². The van der Waals surface area contributed by atoms with Gasteiger partial charge in [0.1, 0.15) is 0 Å². The summed E-state index contributed by atoms with van der Waals surface area (Å²) >= 11 is 0. The maximum Gasteiger partial charge on any atom is 0.240 e. The van der Waals surface area contributed by atoms with Crippen LogP contribution in [-0.4, -0.2) is 42.8 Å². The zero-order valence-electron chi connectivity index (χ0n) is 10.1. The maximum atomic E-state index is 11.9. The van der Waals surface area contributed by atoms with E-state index in [0.717, 1.165) is 45.5 Å². The van der Waals surface area contributed by atoms with Crippen LogP contribution in [0.2, 0.25) is 0 Å². The van der Waals surface area contributed by atoms with Crippen molar-refractivity contribution >= 4 is 5.91 Å². The molecule has 0 aromatic rings. The summed E-state index contributed by atoms with van der Waals surface area (Å²) in [5.74, 6) is 0.278. The Bertz CT molecular complexity index is 239. The second-order valence-corrected chi connectivity index (χ2v) is 4.73. The molecule has 2 heterocycles. The van der Waals surface area contributed by atoms with Crippen LogP contribution >= 0.6 is 0 Å². The maximum absolute atomic E-state index is 11.9. The van der Waals surface area contributed by atoms with Crippen molar-refractivity contribution < 1.29 is 9.53 Å². The van der Waals surface area contributed by atoms with Gasteiger partial charge in [0.25, 0.3) is 0 Å². The third-order valence-corrected chi connectivity index (χ3v) is 3.46. The Balaban J connectivity index is 1.72. The van der Waals surface area contributed by atoms with E-state index in [-0.39, 0.29) is 11.9 Å². The predicted octanol–water partition coefficient (Wildman–Crippen LogP) is 1.11. The minimum absolute atomic E-state index is 0.0643. The molecule has 2 fully saturated rings. The molecular weight excluding hydrogens is 204 g/mol. The number of rotatable bonds is 5. The minimum Gasteiger partial charge on any atom is -0.378 e. The lowest BCUT2D eigenvalue weighted by Gasteiger charge is -2.17. The first-order valence-corrected chi connectivity index (χ1v) is 6.45. The van der Waals surface area contributed by atoms with Gasteiger partial charge in [0.2, 0.25) is 5.91 Å². The van der Waals surface area contributed by atoms with Crippen molar-refractivity contribution in [1.29, 1.82) is 0 Å². The number of hydrogen-bond donors (Lipinski definition) is 1. The van der Waals surface area contributed by atoms with Crippen molar-refractivity contribution in [2.75, 3.05) is 19.8 Å². The first-order chi connectivity index (χ1) is 7.81. The number of carbonyl (C=O) groups excluding carboxylic acids is 1. The number of ether oxygens (including phenoxy) is 1.